The average molecular weight is 267 g/mol. The van der Waals surface area contributed by atoms with Gasteiger partial charge in [-0.1, -0.05) is 18.2 Å². The van der Waals surface area contributed by atoms with Gasteiger partial charge >= 0.3 is 5.69 Å². The molecule has 3 aromatic rings. The molecule has 0 atom stereocenters. The van der Waals surface area contributed by atoms with Gasteiger partial charge in [-0.05, 0) is 31.5 Å². The Hall–Kier alpha value is -2.36. The molecule has 102 valence electrons. The van der Waals surface area contributed by atoms with Gasteiger partial charge < -0.3 is 0 Å². The summed E-state index contributed by atoms with van der Waals surface area (Å²) in [6.45, 7) is 4.59. The van der Waals surface area contributed by atoms with Crippen molar-refractivity contribution in [3.63, 3.8) is 0 Å². The highest BCUT2D eigenvalue weighted by atomic mass is 16.1. The maximum atomic E-state index is 12.3. The lowest BCUT2D eigenvalue weighted by Gasteiger charge is -2.07. The van der Waals surface area contributed by atoms with Gasteiger partial charge in [0.05, 0.1) is 12.1 Å². The summed E-state index contributed by atoms with van der Waals surface area (Å²) in [6.07, 6.45) is 5.48. The van der Waals surface area contributed by atoms with Gasteiger partial charge in [-0.25, -0.2) is 4.79 Å². The lowest BCUT2D eigenvalue weighted by Crippen LogP contribution is -2.25. The Balaban J connectivity index is 2.04. The minimum atomic E-state index is 0.0286. The van der Waals surface area contributed by atoms with Crippen LogP contribution in [0.4, 0.5) is 0 Å². The van der Waals surface area contributed by atoms with E-state index < -0.39 is 0 Å². The van der Waals surface area contributed by atoms with Crippen molar-refractivity contribution in [2.24, 2.45) is 0 Å². The summed E-state index contributed by atoms with van der Waals surface area (Å²) in [5.41, 5.74) is 2.10. The zero-order valence-corrected chi connectivity index (χ0v) is 11.7. The molecule has 0 aliphatic rings. The highest BCUT2D eigenvalue weighted by Crippen LogP contribution is 2.16. The van der Waals surface area contributed by atoms with Crippen molar-refractivity contribution in [2.75, 3.05) is 0 Å². The summed E-state index contributed by atoms with van der Waals surface area (Å²) in [5.74, 6) is 0. The van der Waals surface area contributed by atoms with Crippen molar-refractivity contribution in [3.05, 3.63) is 65.0 Å². The Morgan fingerprint density at radius 3 is 2.70 bits per heavy atom. The highest BCUT2D eigenvalue weighted by Gasteiger charge is 2.08. The maximum absolute atomic E-state index is 12.3. The molecule has 0 bridgehead atoms. The summed E-state index contributed by atoms with van der Waals surface area (Å²) in [6, 6.07) is 10.2. The number of fused-ring (bicyclic) bond motifs is 1. The smallest absolute Gasteiger partial charge is 0.297 e. The fourth-order valence-electron chi connectivity index (χ4n) is 2.42. The molecule has 0 aliphatic heterocycles. The van der Waals surface area contributed by atoms with E-state index >= 15 is 0 Å². The number of rotatable bonds is 3. The second-order valence-corrected chi connectivity index (χ2v) is 5.20. The zero-order valence-electron chi connectivity index (χ0n) is 11.7. The summed E-state index contributed by atoms with van der Waals surface area (Å²) in [4.78, 5) is 16.6. The molecule has 4 heteroatoms. The third-order valence-corrected chi connectivity index (χ3v) is 3.51. The number of hydrogen-bond acceptors (Lipinski definition) is 2. The van der Waals surface area contributed by atoms with Crippen LogP contribution in [0.1, 0.15) is 25.5 Å². The normalized spacial score (nSPS) is 11.3. The molecular formula is C16H17N3O. The zero-order chi connectivity index (χ0) is 14.1. The van der Waals surface area contributed by atoms with Crippen molar-refractivity contribution in [1.29, 1.82) is 0 Å². The molecule has 4 nitrogen and oxygen atoms in total. The average Bonchev–Trinajstić information content (AvgIpc) is 2.81. The quantitative estimate of drug-likeness (QED) is 0.732. The largest absolute Gasteiger partial charge is 0.328 e. The lowest BCUT2D eigenvalue weighted by molar-refractivity contribution is 0.561. The molecule has 2 aromatic heterocycles. The summed E-state index contributed by atoms with van der Waals surface area (Å²) < 4.78 is 3.48. The molecule has 0 N–H and O–H groups in total. The summed E-state index contributed by atoms with van der Waals surface area (Å²) in [5, 5.41) is 1.10. The summed E-state index contributed by atoms with van der Waals surface area (Å²) >= 11 is 0. The van der Waals surface area contributed by atoms with E-state index in [1.165, 1.54) is 0 Å². The van der Waals surface area contributed by atoms with Gasteiger partial charge in [0.25, 0.3) is 0 Å². The molecule has 1 aromatic carbocycles. The van der Waals surface area contributed by atoms with Crippen molar-refractivity contribution in [3.8, 4) is 0 Å². The second-order valence-electron chi connectivity index (χ2n) is 5.20. The number of benzene rings is 1. The van der Waals surface area contributed by atoms with Crippen molar-refractivity contribution >= 4 is 10.9 Å². The van der Waals surface area contributed by atoms with Crippen LogP contribution in [-0.4, -0.2) is 14.1 Å². The van der Waals surface area contributed by atoms with E-state index in [4.69, 9.17) is 0 Å². The third-order valence-electron chi connectivity index (χ3n) is 3.51. The van der Waals surface area contributed by atoms with Gasteiger partial charge in [0.15, 0.2) is 0 Å². The Morgan fingerprint density at radius 2 is 1.95 bits per heavy atom. The molecule has 0 aliphatic carbocycles. The van der Waals surface area contributed by atoms with Gasteiger partial charge in [-0.3, -0.25) is 14.1 Å². The van der Waals surface area contributed by atoms with E-state index in [1.54, 1.807) is 15.3 Å². The van der Waals surface area contributed by atoms with Gasteiger partial charge in [-0.15, -0.1) is 0 Å². The highest BCUT2D eigenvalue weighted by molar-refractivity contribution is 5.81. The Kier molecular flexibility index (Phi) is 3.14. The van der Waals surface area contributed by atoms with E-state index in [0.29, 0.717) is 6.54 Å². The Labute approximate surface area is 117 Å². The Morgan fingerprint density at radius 1 is 1.15 bits per heavy atom. The van der Waals surface area contributed by atoms with Crippen molar-refractivity contribution < 1.29 is 0 Å². The van der Waals surface area contributed by atoms with Crippen molar-refractivity contribution in [2.45, 2.75) is 26.4 Å². The van der Waals surface area contributed by atoms with E-state index in [1.807, 2.05) is 56.6 Å². The van der Waals surface area contributed by atoms with E-state index in [9.17, 15) is 4.79 Å². The molecule has 0 amide bonds. The lowest BCUT2D eigenvalue weighted by atomic mass is 10.1. The first-order valence-corrected chi connectivity index (χ1v) is 6.76. The standard InChI is InChI=1S/C16H17N3O/c1-12(2)19-10-9-18(16(19)20)11-13-7-8-17-15-6-4-3-5-14(13)15/h3-10,12H,11H2,1-2H3. The number of pyridine rings is 1. The van der Waals surface area contributed by atoms with Gasteiger partial charge in [0.1, 0.15) is 0 Å². The molecular weight excluding hydrogens is 250 g/mol. The topological polar surface area (TPSA) is 39.8 Å². The van der Waals surface area contributed by atoms with Crippen LogP contribution in [0, 0.1) is 0 Å². The van der Waals surface area contributed by atoms with Crippen LogP contribution in [0.2, 0.25) is 0 Å². The molecule has 0 spiro atoms. The first-order valence-electron chi connectivity index (χ1n) is 6.76. The van der Waals surface area contributed by atoms with Gasteiger partial charge in [-0.2, -0.15) is 0 Å². The third kappa shape index (κ3) is 2.13. The SMILES string of the molecule is CC(C)n1ccn(Cc2ccnc3ccccc23)c1=O. The van der Waals surface area contributed by atoms with Crippen LogP contribution >= 0.6 is 0 Å². The monoisotopic (exact) mass is 267 g/mol. The number of aromatic nitrogens is 3. The van der Waals surface area contributed by atoms with Crippen LogP contribution in [0.25, 0.3) is 10.9 Å². The van der Waals surface area contributed by atoms with E-state index in [-0.39, 0.29) is 11.7 Å². The molecule has 0 radical (unpaired) electrons. The summed E-state index contributed by atoms with van der Waals surface area (Å²) in [7, 11) is 0. The minimum Gasteiger partial charge on any atom is -0.297 e. The number of nitrogens with zero attached hydrogens (tertiary/aromatic N) is 3. The molecule has 0 unspecified atom stereocenters. The van der Waals surface area contributed by atoms with E-state index in [2.05, 4.69) is 4.98 Å². The maximum Gasteiger partial charge on any atom is 0.328 e. The first kappa shape index (κ1) is 12.7. The first-order chi connectivity index (χ1) is 9.66. The molecule has 0 saturated heterocycles. The second kappa shape index (κ2) is 4.96. The predicted molar refractivity (Wildman–Crippen MR) is 79.9 cm³/mol. The predicted octanol–water partition coefficient (Wildman–Crippen LogP) is 2.83. The number of para-hydroxylation sites is 1. The van der Waals surface area contributed by atoms with Crippen LogP contribution < -0.4 is 5.69 Å². The molecule has 3 rings (SSSR count). The Bertz CT molecular complexity index is 793. The van der Waals surface area contributed by atoms with Crippen LogP contribution in [-0.2, 0) is 6.54 Å². The fourth-order valence-corrected chi connectivity index (χ4v) is 2.42. The van der Waals surface area contributed by atoms with E-state index in [0.717, 1.165) is 16.5 Å². The van der Waals surface area contributed by atoms with Crippen molar-refractivity contribution in [1.82, 2.24) is 14.1 Å². The molecule has 20 heavy (non-hydrogen) atoms. The molecule has 2 heterocycles. The van der Waals surface area contributed by atoms with Crippen LogP contribution in [0.15, 0.2) is 53.7 Å². The molecule has 0 fully saturated rings. The number of hydrogen-bond donors (Lipinski definition) is 0. The molecule has 0 saturated carbocycles. The van der Waals surface area contributed by atoms with Crippen LogP contribution in [0.3, 0.4) is 0 Å². The van der Waals surface area contributed by atoms with Crippen LogP contribution in [0.5, 0.6) is 0 Å². The van der Waals surface area contributed by atoms with Gasteiger partial charge in [0.2, 0.25) is 0 Å². The number of imidazole rings is 1. The minimum absolute atomic E-state index is 0.0286. The fraction of sp³-hybridized carbons (Fsp3) is 0.250. The van der Waals surface area contributed by atoms with Gasteiger partial charge in [0, 0.05) is 30.0 Å².